The molecule has 1 aliphatic heterocycles. The largest absolute Gasteiger partial charge is 0.359 e. The molecule has 3 rings (SSSR count). The minimum Gasteiger partial charge on any atom is -0.359 e. The molecular weight excluding hydrogens is 280 g/mol. The maximum absolute atomic E-state index is 11.5. The number of aromatic nitrogens is 4. The summed E-state index contributed by atoms with van der Waals surface area (Å²) in [6.45, 7) is 8.88. The van der Waals surface area contributed by atoms with Crippen LogP contribution in [-0.2, 0) is 11.3 Å². The lowest BCUT2D eigenvalue weighted by atomic mass is 10.2. The van der Waals surface area contributed by atoms with Crippen LogP contribution in [0.4, 0.5) is 5.95 Å². The molecule has 1 N–H and O–H groups in total. The number of piperazine rings is 1. The molecule has 2 aromatic rings. The minimum absolute atomic E-state index is 0.135. The maximum atomic E-state index is 11.5. The Morgan fingerprint density at radius 3 is 2.82 bits per heavy atom. The van der Waals surface area contributed by atoms with Gasteiger partial charge in [-0.2, -0.15) is 0 Å². The van der Waals surface area contributed by atoms with E-state index in [-0.39, 0.29) is 11.9 Å². The van der Waals surface area contributed by atoms with Gasteiger partial charge in [-0.25, -0.2) is 0 Å². The maximum Gasteiger partial charge on any atom is 0.227 e. The third-order valence-electron chi connectivity index (χ3n) is 4.22. The highest BCUT2D eigenvalue weighted by Gasteiger charge is 2.29. The summed E-state index contributed by atoms with van der Waals surface area (Å²) in [5.41, 5.74) is 0.968. The van der Waals surface area contributed by atoms with E-state index < -0.39 is 0 Å². The zero-order valence-corrected chi connectivity index (χ0v) is 13.3. The third kappa shape index (κ3) is 2.47. The van der Waals surface area contributed by atoms with Crippen molar-refractivity contribution < 1.29 is 4.79 Å². The van der Waals surface area contributed by atoms with E-state index in [4.69, 9.17) is 0 Å². The Kier molecular flexibility index (Phi) is 3.87. The number of nitrogens with one attached hydrogen (secondary N) is 1. The quantitative estimate of drug-likeness (QED) is 0.929. The predicted octanol–water partition coefficient (Wildman–Crippen LogP) is 1.35. The summed E-state index contributed by atoms with van der Waals surface area (Å²) in [7, 11) is 0. The smallest absolute Gasteiger partial charge is 0.227 e. The van der Waals surface area contributed by atoms with E-state index in [0.717, 1.165) is 43.6 Å². The van der Waals surface area contributed by atoms with Crippen LogP contribution in [0.15, 0.2) is 18.3 Å². The molecule has 3 heterocycles. The number of hydrogen-bond donors (Lipinski definition) is 1. The van der Waals surface area contributed by atoms with Crippen LogP contribution in [0.1, 0.15) is 20.8 Å². The Labute approximate surface area is 129 Å². The van der Waals surface area contributed by atoms with Crippen LogP contribution < -0.4 is 4.90 Å². The fourth-order valence-corrected chi connectivity index (χ4v) is 3.01. The van der Waals surface area contributed by atoms with Crippen LogP contribution in [0.3, 0.4) is 0 Å². The Bertz CT molecular complexity index is 647. The molecule has 2 aromatic heterocycles. The van der Waals surface area contributed by atoms with Gasteiger partial charge in [0.2, 0.25) is 11.9 Å². The van der Waals surface area contributed by atoms with Crippen molar-refractivity contribution in [1.29, 1.82) is 0 Å². The Morgan fingerprint density at radius 2 is 2.23 bits per heavy atom. The van der Waals surface area contributed by atoms with Gasteiger partial charge in [0.15, 0.2) is 5.82 Å². The summed E-state index contributed by atoms with van der Waals surface area (Å²) in [6, 6.07) is 4.18. The SMILES string of the molecule is CCn1c(-c2ccc[nH]2)nnc1N1CCN(C(C)=O)CC1C. The second-order valence-electron chi connectivity index (χ2n) is 5.66. The zero-order valence-electron chi connectivity index (χ0n) is 13.3. The summed E-state index contributed by atoms with van der Waals surface area (Å²) < 4.78 is 2.12. The second kappa shape index (κ2) is 5.82. The van der Waals surface area contributed by atoms with Crippen molar-refractivity contribution in [2.45, 2.75) is 33.4 Å². The molecule has 1 unspecified atom stereocenters. The summed E-state index contributed by atoms with van der Waals surface area (Å²) in [5.74, 6) is 1.86. The lowest BCUT2D eigenvalue weighted by Gasteiger charge is -2.39. The molecule has 0 bridgehead atoms. The van der Waals surface area contributed by atoms with Crippen LogP contribution in [0.5, 0.6) is 0 Å². The van der Waals surface area contributed by atoms with Crippen LogP contribution >= 0.6 is 0 Å². The fourth-order valence-electron chi connectivity index (χ4n) is 3.01. The van der Waals surface area contributed by atoms with Crippen LogP contribution in [0.2, 0.25) is 0 Å². The van der Waals surface area contributed by atoms with Crippen LogP contribution in [0.25, 0.3) is 11.5 Å². The lowest BCUT2D eigenvalue weighted by Crippen LogP contribution is -2.54. The van der Waals surface area contributed by atoms with Crippen molar-refractivity contribution in [1.82, 2.24) is 24.6 Å². The summed E-state index contributed by atoms with van der Waals surface area (Å²) >= 11 is 0. The van der Waals surface area contributed by atoms with Crippen LogP contribution in [-0.4, -0.2) is 56.2 Å². The first kappa shape index (κ1) is 14.6. The summed E-state index contributed by atoms with van der Waals surface area (Å²) in [4.78, 5) is 18.9. The Balaban J connectivity index is 1.88. The van der Waals surface area contributed by atoms with E-state index in [1.807, 2.05) is 23.2 Å². The molecule has 118 valence electrons. The number of H-pyrrole nitrogens is 1. The molecule has 7 nitrogen and oxygen atoms in total. The van der Waals surface area contributed by atoms with Gasteiger partial charge in [-0.1, -0.05) is 0 Å². The predicted molar refractivity (Wildman–Crippen MR) is 84.5 cm³/mol. The number of rotatable bonds is 3. The number of hydrogen-bond acceptors (Lipinski definition) is 4. The monoisotopic (exact) mass is 302 g/mol. The van der Waals surface area contributed by atoms with Gasteiger partial charge in [0.1, 0.15) is 0 Å². The first-order valence-electron chi connectivity index (χ1n) is 7.71. The van der Waals surface area contributed by atoms with Crippen molar-refractivity contribution in [3.63, 3.8) is 0 Å². The van der Waals surface area contributed by atoms with Crippen molar-refractivity contribution in [2.24, 2.45) is 0 Å². The van der Waals surface area contributed by atoms with E-state index >= 15 is 0 Å². The van der Waals surface area contributed by atoms with Gasteiger partial charge >= 0.3 is 0 Å². The first-order chi connectivity index (χ1) is 10.6. The molecule has 0 spiro atoms. The van der Waals surface area contributed by atoms with Crippen molar-refractivity contribution in [3.8, 4) is 11.5 Å². The number of carbonyl (C=O) groups is 1. The Hall–Kier alpha value is -2.31. The number of amides is 1. The summed E-state index contributed by atoms with van der Waals surface area (Å²) in [6.07, 6.45) is 1.89. The number of nitrogens with zero attached hydrogens (tertiary/aromatic N) is 5. The lowest BCUT2D eigenvalue weighted by molar-refractivity contribution is -0.129. The molecule has 1 aliphatic rings. The minimum atomic E-state index is 0.135. The topological polar surface area (TPSA) is 70.1 Å². The normalized spacial score (nSPS) is 18.8. The molecule has 0 aliphatic carbocycles. The van der Waals surface area contributed by atoms with E-state index in [9.17, 15) is 4.79 Å². The van der Waals surface area contributed by atoms with E-state index in [0.29, 0.717) is 0 Å². The number of carbonyl (C=O) groups excluding carboxylic acids is 1. The van der Waals surface area contributed by atoms with Crippen LogP contribution in [0, 0.1) is 0 Å². The molecule has 0 saturated carbocycles. The molecule has 1 fully saturated rings. The molecule has 1 atom stereocenters. The summed E-state index contributed by atoms with van der Waals surface area (Å²) in [5, 5.41) is 8.76. The van der Waals surface area contributed by atoms with E-state index in [1.165, 1.54) is 0 Å². The molecule has 0 radical (unpaired) electrons. The molecule has 1 saturated heterocycles. The van der Waals surface area contributed by atoms with Gasteiger partial charge in [-0.05, 0) is 26.0 Å². The number of anilines is 1. The van der Waals surface area contributed by atoms with Gasteiger partial charge in [0.25, 0.3) is 0 Å². The molecule has 22 heavy (non-hydrogen) atoms. The Morgan fingerprint density at radius 1 is 1.41 bits per heavy atom. The van der Waals surface area contributed by atoms with Crippen molar-refractivity contribution in [2.75, 3.05) is 24.5 Å². The van der Waals surface area contributed by atoms with Gasteiger partial charge in [-0.15, -0.1) is 10.2 Å². The van der Waals surface area contributed by atoms with Crippen molar-refractivity contribution in [3.05, 3.63) is 18.3 Å². The van der Waals surface area contributed by atoms with E-state index in [2.05, 4.69) is 38.5 Å². The molecule has 7 heteroatoms. The van der Waals surface area contributed by atoms with E-state index in [1.54, 1.807) is 6.92 Å². The zero-order chi connectivity index (χ0) is 15.7. The molecule has 0 aromatic carbocycles. The van der Waals surface area contributed by atoms with Gasteiger partial charge in [0, 0.05) is 45.3 Å². The third-order valence-corrected chi connectivity index (χ3v) is 4.22. The highest BCUT2D eigenvalue weighted by atomic mass is 16.2. The average molecular weight is 302 g/mol. The first-order valence-corrected chi connectivity index (χ1v) is 7.71. The number of aromatic amines is 1. The molecular formula is C15H22N6O. The molecule has 1 amide bonds. The fraction of sp³-hybridized carbons (Fsp3) is 0.533. The van der Waals surface area contributed by atoms with Gasteiger partial charge in [0.05, 0.1) is 5.69 Å². The van der Waals surface area contributed by atoms with Gasteiger partial charge in [-0.3, -0.25) is 9.36 Å². The average Bonchev–Trinajstić information content (AvgIpc) is 3.15. The van der Waals surface area contributed by atoms with Crippen molar-refractivity contribution >= 4 is 11.9 Å². The standard InChI is InChI=1S/C15H22N6O/c1-4-20-14(13-6-5-7-16-13)17-18-15(20)21-9-8-19(12(3)22)10-11(21)2/h5-7,11,16H,4,8-10H2,1-3H3. The van der Waals surface area contributed by atoms with Gasteiger partial charge < -0.3 is 14.8 Å². The highest BCUT2D eigenvalue weighted by molar-refractivity contribution is 5.73. The second-order valence-corrected chi connectivity index (χ2v) is 5.66. The highest BCUT2D eigenvalue weighted by Crippen LogP contribution is 2.24.